The number of anilines is 1. The second kappa shape index (κ2) is 4.35. The zero-order valence-electron chi connectivity index (χ0n) is 11.8. The highest BCUT2D eigenvalue weighted by Gasteiger charge is 2.53. The summed E-state index contributed by atoms with van der Waals surface area (Å²) in [5, 5.41) is 0. The fraction of sp³-hybridized carbons (Fsp3) is 0.583. The smallest absolute Gasteiger partial charge is 0.481 e. The van der Waals surface area contributed by atoms with Gasteiger partial charge in [-0.25, -0.2) is 0 Å². The highest BCUT2D eigenvalue weighted by atomic mass is 19.1. The summed E-state index contributed by atoms with van der Waals surface area (Å²) in [6.45, 7) is 7.55. The van der Waals surface area contributed by atoms with Crippen molar-refractivity contribution in [3.05, 3.63) is 12.0 Å². The molecule has 0 bridgehead atoms. The van der Waals surface area contributed by atoms with Gasteiger partial charge in [0.1, 0.15) is 0 Å². The maximum atomic E-state index is 14.0. The molecule has 1 aliphatic heterocycles. The molecular weight excluding hydrogens is 250 g/mol. The van der Waals surface area contributed by atoms with Crippen molar-refractivity contribution in [2.45, 2.75) is 38.9 Å². The predicted molar refractivity (Wildman–Crippen MR) is 70.9 cm³/mol. The number of nitrogen functional groups attached to an aromatic ring is 1. The third-order valence-corrected chi connectivity index (χ3v) is 3.72. The van der Waals surface area contributed by atoms with E-state index in [1.54, 1.807) is 0 Å². The SMILES string of the molecule is COc1cc(N)c(B2OC(C)(C)C(C)(C)O2)c(F)n1. The van der Waals surface area contributed by atoms with Gasteiger partial charge >= 0.3 is 7.12 Å². The molecule has 0 spiro atoms. The first-order valence-electron chi connectivity index (χ1n) is 6.03. The van der Waals surface area contributed by atoms with Crippen molar-refractivity contribution in [2.24, 2.45) is 0 Å². The molecule has 104 valence electrons. The van der Waals surface area contributed by atoms with E-state index in [4.69, 9.17) is 19.8 Å². The monoisotopic (exact) mass is 268 g/mol. The Morgan fingerprint density at radius 1 is 1.26 bits per heavy atom. The minimum atomic E-state index is -0.872. The molecule has 2 rings (SSSR count). The van der Waals surface area contributed by atoms with Crippen LogP contribution in [0.5, 0.6) is 5.88 Å². The van der Waals surface area contributed by atoms with E-state index in [2.05, 4.69) is 4.98 Å². The van der Waals surface area contributed by atoms with Gasteiger partial charge in [-0.1, -0.05) is 0 Å². The largest absolute Gasteiger partial charge is 0.501 e. The molecule has 19 heavy (non-hydrogen) atoms. The number of rotatable bonds is 2. The topological polar surface area (TPSA) is 66.6 Å². The van der Waals surface area contributed by atoms with Crippen LogP contribution in [0.2, 0.25) is 0 Å². The number of methoxy groups -OCH3 is 1. The summed E-state index contributed by atoms with van der Waals surface area (Å²) in [7, 11) is 0.527. The summed E-state index contributed by atoms with van der Waals surface area (Å²) < 4.78 is 30.4. The van der Waals surface area contributed by atoms with Gasteiger partial charge in [0.15, 0.2) is 0 Å². The van der Waals surface area contributed by atoms with Crippen molar-refractivity contribution in [1.82, 2.24) is 4.98 Å². The maximum Gasteiger partial charge on any atom is 0.501 e. The van der Waals surface area contributed by atoms with Crippen LogP contribution in [0.4, 0.5) is 10.1 Å². The molecule has 2 N–H and O–H groups in total. The van der Waals surface area contributed by atoms with Gasteiger partial charge < -0.3 is 19.8 Å². The molecule has 1 aromatic heterocycles. The number of hydrogen-bond acceptors (Lipinski definition) is 5. The molecule has 1 aliphatic rings. The third kappa shape index (κ3) is 2.28. The Balaban J connectivity index is 2.40. The molecule has 2 heterocycles. The summed E-state index contributed by atoms with van der Waals surface area (Å²) in [4.78, 5) is 3.66. The van der Waals surface area contributed by atoms with Crippen molar-refractivity contribution >= 4 is 18.3 Å². The highest BCUT2D eigenvalue weighted by Crippen LogP contribution is 2.37. The minimum absolute atomic E-state index is 0.111. The number of aromatic nitrogens is 1. The lowest BCUT2D eigenvalue weighted by molar-refractivity contribution is 0.00578. The first-order valence-corrected chi connectivity index (χ1v) is 6.03. The van der Waals surface area contributed by atoms with Gasteiger partial charge in [-0.05, 0) is 27.7 Å². The Kier molecular flexibility index (Phi) is 3.22. The van der Waals surface area contributed by atoms with E-state index in [0.29, 0.717) is 0 Å². The van der Waals surface area contributed by atoms with Crippen LogP contribution in [0.25, 0.3) is 0 Å². The maximum absolute atomic E-state index is 14.0. The Labute approximate surface area is 112 Å². The first kappa shape index (κ1) is 14.1. The van der Waals surface area contributed by atoms with E-state index in [0.717, 1.165) is 0 Å². The van der Waals surface area contributed by atoms with Crippen LogP contribution in [-0.2, 0) is 9.31 Å². The number of halogens is 1. The lowest BCUT2D eigenvalue weighted by Crippen LogP contribution is -2.41. The molecule has 1 aromatic rings. The van der Waals surface area contributed by atoms with Crippen LogP contribution in [0, 0.1) is 5.95 Å². The molecule has 7 heteroatoms. The Hall–Kier alpha value is -1.34. The average Bonchev–Trinajstić information content (AvgIpc) is 2.46. The Morgan fingerprint density at radius 3 is 2.21 bits per heavy atom. The van der Waals surface area contributed by atoms with E-state index >= 15 is 0 Å². The lowest BCUT2D eigenvalue weighted by Gasteiger charge is -2.32. The zero-order valence-corrected chi connectivity index (χ0v) is 11.8. The molecule has 5 nitrogen and oxygen atoms in total. The molecule has 1 fully saturated rings. The fourth-order valence-corrected chi connectivity index (χ4v) is 1.82. The van der Waals surface area contributed by atoms with Crippen LogP contribution in [-0.4, -0.2) is 30.4 Å². The van der Waals surface area contributed by atoms with Gasteiger partial charge in [0.25, 0.3) is 0 Å². The zero-order chi connectivity index (χ0) is 14.4. The summed E-state index contributed by atoms with van der Waals surface area (Å²) in [6, 6.07) is 1.45. The van der Waals surface area contributed by atoms with Crippen molar-refractivity contribution in [3.63, 3.8) is 0 Å². The second-order valence-electron chi connectivity index (χ2n) is 5.55. The van der Waals surface area contributed by atoms with Crippen LogP contribution < -0.4 is 15.9 Å². The van der Waals surface area contributed by atoms with E-state index in [1.165, 1.54) is 13.2 Å². The van der Waals surface area contributed by atoms with E-state index in [9.17, 15) is 4.39 Å². The van der Waals surface area contributed by atoms with Crippen molar-refractivity contribution in [3.8, 4) is 5.88 Å². The van der Waals surface area contributed by atoms with Crippen LogP contribution in [0.15, 0.2) is 6.07 Å². The molecular formula is C12H18BFN2O3. The van der Waals surface area contributed by atoms with E-state index in [-0.39, 0.29) is 17.0 Å². The van der Waals surface area contributed by atoms with Gasteiger partial charge in [-0.3, -0.25) is 0 Å². The molecule has 0 aromatic carbocycles. The normalized spacial score (nSPS) is 20.6. The molecule has 0 atom stereocenters. The van der Waals surface area contributed by atoms with Crippen LogP contribution in [0.3, 0.4) is 0 Å². The van der Waals surface area contributed by atoms with Crippen molar-refractivity contribution in [2.75, 3.05) is 12.8 Å². The van der Waals surface area contributed by atoms with Crippen LogP contribution >= 0.6 is 0 Å². The number of pyridine rings is 1. The molecule has 0 saturated carbocycles. The summed E-state index contributed by atoms with van der Waals surface area (Å²) in [6.07, 6.45) is 0. The minimum Gasteiger partial charge on any atom is -0.481 e. The summed E-state index contributed by atoms with van der Waals surface area (Å²) in [5.74, 6) is -0.620. The van der Waals surface area contributed by atoms with E-state index < -0.39 is 24.3 Å². The number of nitrogens with zero attached hydrogens (tertiary/aromatic N) is 1. The van der Waals surface area contributed by atoms with Gasteiger partial charge in [-0.2, -0.15) is 9.37 Å². The van der Waals surface area contributed by atoms with Gasteiger partial charge in [0.2, 0.25) is 11.8 Å². The standard InChI is InChI=1S/C12H18BFN2O3/c1-11(2)12(3,4)19-13(18-11)9-7(15)6-8(17-5)16-10(9)14/h6H,1-5H3,(H2,15,16). The van der Waals surface area contributed by atoms with Crippen molar-refractivity contribution < 1.29 is 18.4 Å². The number of ether oxygens (including phenoxy) is 1. The summed E-state index contributed by atoms with van der Waals surface area (Å²) >= 11 is 0. The quantitative estimate of drug-likeness (QED) is 0.643. The number of nitrogens with two attached hydrogens (primary N) is 1. The number of hydrogen-bond donors (Lipinski definition) is 1. The molecule has 1 saturated heterocycles. The lowest BCUT2D eigenvalue weighted by atomic mass is 9.78. The molecule has 0 unspecified atom stereocenters. The first-order chi connectivity index (χ1) is 8.68. The Morgan fingerprint density at radius 2 is 1.79 bits per heavy atom. The highest BCUT2D eigenvalue weighted by molar-refractivity contribution is 6.63. The predicted octanol–water partition coefficient (Wildman–Crippen LogP) is 1.11. The van der Waals surface area contributed by atoms with Gasteiger partial charge in [-0.15, -0.1) is 0 Å². The average molecular weight is 268 g/mol. The fourth-order valence-electron chi connectivity index (χ4n) is 1.82. The molecule has 0 aliphatic carbocycles. The second-order valence-corrected chi connectivity index (χ2v) is 5.55. The van der Waals surface area contributed by atoms with Crippen LogP contribution in [0.1, 0.15) is 27.7 Å². The Bertz CT molecular complexity index is 469. The third-order valence-electron chi connectivity index (χ3n) is 3.72. The summed E-state index contributed by atoms with van der Waals surface area (Å²) in [5.41, 5.74) is 5.02. The molecule has 0 amide bonds. The van der Waals surface area contributed by atoms with E-state index in [1.807, 2.05) is 27.7 Å². The van der Waals surface area contributed by atoms with Gasteiger partial charge in [0.05, 0.1) is 23.8 Å². The van der Waals surface area contributed by atoms with Gasteiger partial charge in [0, 0.05) is 11.8 Å². The van der Waals surface area contributed by atoms with Crippen molar-refractivity contribution in [1.29, 1.82) is 0 Å². The molecule has 0 radical (unpaired) electrons.